The first kappa shape index (κ1) is 17.9. The molecule has 3 rings (SSSR count). The van der Waals surface area contributed by atoms with Gasteiger partial charge < -0.3 is 10.3 Å². The zero-order chi connectivity index (χ0) is 14.9. The van der Waals surface area contributed by atoms with Crippen molar-refractivity contribution >= 4 is 47.4 Å². The van der Waals surface area contributed by atoms with Crippen LogP contribution in [-0.4, -0.2) is 10.1 Å². The largest absolute Gasteiger partial charge is 0.338 e. The second-order valence-corrected chi connectivity index (χ2v) is 7.10. The molecule has 1 aromatic heterocycles. The predicted molar refractivity (Wildman–Crippen MR) is 91.9 cm³/mol. The van der Waals surface area contributed by atoms with E-state index in [-0.39, 0.29) is 12.4 Å². The first-order valence-corrected chi connectivity index (χ1v) is 8.51. The van der Waals surface area contributed by atoms with Crippen molar-refractivity contribution in [1.29, 1.82) is 0 Å². The van der Waals surface area contributed by atoms with Crippen LogP contribution in [0.5, 0.6) is 0 Å². The highest BCUT2D eigenvalue weighted by atomic mass is 35.5. The highest BCUT2D eigenvalue weighted by molar-refractivity contribution is 7.98. The third-order valence-corrected chi connectivity index (χ3v) is 5.37. The molecule has 0 radical (unpaired) electrons. The molecule has 0 amide bonds. The smallest absolute Gasteiger partial charge is 0.237 e. The van der Waals surface area contributed by atoms with E-state index in [0.29, 0.717) is 27.5 Å². The normalized spacial score (nSPS) is 16.5. The zero-order valence-electron chi connectivity index (χ0n) is 11.7. The van der Waals surface area contributed by atoms with Gasteiger partial charge in [-0.2, -0.15) is 4.98 Å². The van der Waals surface area contributed by atoms with Crippen molar-refractivity contribution in [3.63, 3.8) is 0 Å². The second kappa shape index (κ2) is 7.41. The maximum absolute atomic E-state index is 6.31. The van der Waals surface area contributed by atoms with Crippen molar-refractivity contribution in [2.75, 3.05) is 0 Å². The molecule has 2 N–H and O–H groups in total. The Kier molecular flexibility index (Phi) is 6.02. The van der Waals surface area contributed by atoms with Gasteiger partial charge in [0.1, 0.15) is 0 Å². The van der Waals surface area contributed by atoms with E-state index in [0.717, 1.165) is 30.6 Å². The number of thioether (sulfide) groups is 1. The molecular formula is C14H16Cl3N3OS. The van der Waals surface area contributed by atoms with E-state index in [9.17, 15) is 0 Å². The van der Waals surface area contributed by atoms with Crippen molar-refractivity contribution in [3.8, 4) is 0 Å². The Labute approximate surface area is 149 Å². The lowest BCUT2D eigenvalue weighted by molar-refractivity contribution is 0.355. The molecule has 1 aliphatic carbocycles. The van der Waals surface area contributed by atoms with Crippen molar-refractivity contribution < 1.29 is 4.52 Å². The molecule has 0 bridgehead atoms. The van der Waals surface area contributed by atoms with Gasteiger partial charge in [0.15, 0.2) is 5.82 Å². The van der Waals surface area contributed by atoms with Gasteiger partial charge in [0.25, 0.3) is 0 Å². The summed E-state index contributed by atoms with van der Waals surface area (Å²) in [7, 11) is 0. The van der Waals surface area contributed by atoms with Crippen LogP contribution in [0.1, 0.15) is 37.4 Å². The number of hydrogen-bond acceptors (Lipinski definition) is 5. The highest BCUT2D eigenvalue weighted by Crippen LogP contribution is 2.35. The zero-order valence-corrected chi connectivity index (χ0v) is 14.9. The fraction of sp³-hybridized carbons (Fsp3) is 0.429. The van der Waals surface area contributed by atoms with E-state index in [1.165, 1.54) is 11.8 Å². The molecule has 2 aromatic rings. The van der Waals surface area contributed by atoms with Gasteiger partial charge in [0.2, 0.25) is 5.89 Å². The SMILES string of the molecule is Cl.NC1(c2noc(CSc3cc(Cl)ccc3Cl)n2)CCCC1. The second-order valence-electron chi connectivity index (χ2n) is 5.24. The first-order chi connectivity index (χ1) is 10.1. The lowest BCUT2D eigenvalue weighted by Crippen LogP contribution is -2.34. The summed E-state index contributed by atoms with van der Waals surface area (Å²) in [5.41, 5.74) is 5.90. The number of nitrogens with zero attached hydrogens (tertiary/aromatic N) is 2. The minimum Gasteiger partial charge on any atom is -0.338 e. The molecule has 0 aliphatic heterocycles. The molecule has 1 fully saturated rings. The molecule has 8 heteroatoms. The van der Waals surface area contributed by atoms with E-state index >= 15 is 0 Å². The van der Waals surface area contributed by atoms with Gasteiger partial charge in [-0.05, 0) is 31.0 Å². The standard InChI is InChI=1S/C14H15Cl2N3OS.ClH/c15-9-3-4-10(16)11(7-9)21-8-12-18-13(19-20-12)14(17)5-1-2-6-14;/h3-4,7H,1-2,5-6,8,17H2;1H. The number of halogens is 3. The van der Waals surface area contributed by atoms with Crippen LogP contribution in [0, 0.1) is 0 Å². The summed E-state index contributed by atoms with van der Waals surface area (Å²) in [5.74, 6) is 1.72. The molecule has 1 aliphatic rings. The van der Waals surface area contributed by atoms with Gasteiger partial charge in [-0.15, -0.1) is 24.2 Å². The van der Waals surface area contributed by atoms with Gasteiger partial charge in [-0.25, -0.2) is 0 Å². The monoisotopic (exact) mass is 379 g/mol. The van der Waals surface area contributed by atoms with Crippen LogP contribution in [0.2, 0.25) is 10.0 Å². The third-order valence-electron chi connectivity index (χ3n) is 3.65. The quantitative estimate of drug-likeness (QED) is 0.770. The maximum Gasteiger partial charge on any atom is 0.237 e. The fourth-order valence-corrected chi connectivity index (χ4v) is 3.80. The lowest BCUT2D eigenvalue weighted by atomic mass is 9.99. The van der Waals surface area contributed by atoms with Crippen molar-refractivity contribution in [1.82, 2.24) is 10.1 Å². The first-order valence-electron chi connectivity index (χ1n) is 6.77. The molecular weight excluding hydrogens is 365 g/mol. The fourth-order valence-electron chi connectivity index (χ4n) is 2.47. The summed E-state index contributed by atoms with van der Waals surface area (Å²) in [4.78, 5) is 5.33. The summed E-state index contributed by atoms with van der Waals surface area (Å²) >= 11 is 13.6. The van der Waals surface area contributed by atoms with Crippen molar-refractivity contribution in [3.05, 3.63) is 40.0 Å². The van der Waals surface area contributed by atoms with Gasteiger partial charge in [-0.1, -0.05) is 41.2 Å². The number of nitrogens with two attached hydrogens (primary N) is 1. The van der Waals surface area contributed by atoms with Crippen LogP contribution < -0.4 is 5.73 Å². The average molecular weight is 381 g/mol. The Balaban J connectivity index is 0.00000176. The van der Waals surface area contributed by atoms with Crippen LogP contribution in [-0.2, 0) is 11.3 Å². The molecule has 1 aromatic carbocycles. The van der Waals surface area contributed by atoms with Gasteiger partial charge in [0, 0.05) is 9.92 Å². The average Bonchev–Trinajstić information content (AvgIpc) is 3.10. The Morgan fingerprint density at radius 1 is 1.27 bits per heavy atom. The molecule has 1 heterocycles. The molecule has 0 unspecified atom stereocenters. The van der Waals surface area contributed by atoms with E-state index in [1.54, 1.807) is 12.1 Å². The molecule has 22 heavy (non-hydrogen) atoms. The minimum atomic E-state index is -0.417. The molecule has 0 atom stereocenters. The van der Waals surface area contributed by atoms with Crippen LogP contribution in [0.4, 0.5) is 0 Å². The van der Waals surface area contributed by atoms with Gasteiger partial charge in [-0.3, -0.25) is 0 Å². The molecule has 0 spiro atoms. The summed E-state index contributed by atoms with van der Waals surface area (Å²) in [6.45, 7) is 0. The number of rotatable bonds is 4. The summed E-state index contributed by atoms with van der Waals surface area (Å²) in [6, 6.07) is 5.36. The highest BCUT2D eigenvalue weighted by Gasteiger charge is 2.35. The van der Waals surface area contributed by atoms with Gasteiger partial charge in [0.05, 0.1) is 16.3 Å². The van der Waals surface area contributed by atoms with Gasteiger partial charge >= 0.3 is 0 Å². The molecule has 120 valence electrons. The van der Waals surface area contributed by atoms with Crippen molar-refractivity contribution in [2.24, 2.45) is 5.73 Å². The van der Waals surface area contributed by atoms with Crippen LogP contribution in [0.3, 0.4) is 0 Å². The lowest BCUT2D eigenvalue weighted by Gasteiger charge is -2.17. The Morgan fingerprint density at radius 2 is 2.00 bits per heavy atom. The number of aromatic nitrogens is 2. The minimum absolute atomic E-state index is 0. The maximum atomic E-state index is 6.31. The summed E-state index contributed by atoms with van der Waals surface area (Å²) in [5, 5.41) is 5.35. The number of hydrogen-bond donors (Lipinski definition) is 1. The molecule has 1 saturated carbocycles. The number of benzene rings is 1. The predicted octanol–water partition coefficient (Wildman–Crippen LogP) is 4.82. The molecule has 4 nitrogen and oxygen atoms in total. The van der Waals surface area contributed by atoms with Crippen molar-refractivity contribution in [2.45, 2.75) is 41.9 Å². The molecule has 0 saturated heterocycles. The van der Waals surface area contributed by atoms with E-state index < -0.39 is 5.54 Å². The summed E-state index contributed by atoms with van der Waals surface area (Å²) < 4.78 is 5.30. The Hall–Kier alpha value is -0.460. The topological polar surface area (TPSA) is 64.9 Å². The Morgan fingerprint density at radius 3 is 2.73 bits per heavy atom. The Bertz CT molecular complexity index is 644. The van der Waals surface area contributed by atoms with Crippen LogP contribution in [0.25, 0.3) is 0 Å². The van der Waals surface area contributed by atoms with E-state index in [2.05, 4.69) is 10.1 Å². The van der Waals surface area contributed by atoms with Crippen LogP contribution >= 0.6 is 47.4 Å². The van der Waals surface area contributed by atoms with E-state index in [4.69, 9.17) is 33.5 Å². The summed E-state index contributed by atoms with van der Waals surface area (Å²) in [6.07, 6.45) is 4.07. The van der Waals surface area contributed by atoms with Crippen LogP contribution in [0.15, 0.2) is 27.6 Å². The third kappa shape index (κ3) is 3.89. The van der Waals surface area contributed by atoms with E-state index in [1.807, 2.05) is 6.07 Å².